The quantitative estimate of drug-likeness (QED) is 0.791. The second kappa shape index (κ2) is 4.11. The molecule has 1 aliphatic heterocycles. The highest BCUT2D eigenvalue weighted by Gasteiger charge is 2.54. The minimum Gasteiger partial charge on any atom is -0.385 e. The first kappa shape index (κ1) is 12.7. The number of carbonyl (C=O) groups excluding carboxylic acids is 1. The average molecular weight is 267 g/mol. The third-order valence-corrected chi connectivity index (χ3v) is 4.35. The van der Waals surface area contributed by atoms with Crippen molar-refractivity contribution in [3.05, 3.63) is 34.9 Å². The molecule has 102 valence electrons. The third kappa shape index (κ3) is 1.44. The zero-order valence-corrected chi connectivity index (χ0v) is 11.7. The lowest BCUT2D eigenvalue weighted by Crippen LogP contribution is -2.53. The van der Waals surface area contributed by atoms with Crippen molar-refractivity contribution in [2.75, 3.05) is 0 Å². The number of benzene rings is 1. The molecule has 20 heavy (non-hydrogen) atoms. The molecule has 0 fully saturated rings. The van der Waals surface area contributed by atoms with E-state index in [1.807, 2.05) is 13.8 Å². The minimum atomic E-state index is -0.649. The van der Waals surface area contributed by atoms with Crippen molar-refractivity contribution in [1.29, 1.82) is 0 Å². The summed E-state index contributed by atoms with van der Waals surface area (Å²) in [5.41, 5.74) is 8.92. The Morgan fingerprint density at radius 2 is 2.30 bits per heavy atom. The fraction of sp³-hybridized carbons (Fsp3) is 0.375. The van der Waals surface area contributed by atoms with Crippen LogP contribution in [0.15, 0.2) is 23.2 Å². The van der Waals surface area contributed by atoms with E-state index in [9.17, 15) is 4.79 Å². The molecule has 1 aromatic rings. The average Bonchev–Trinajstić information content (AvgIpc) is 2.90. The number of amidine groups is 1. The van der Waals surface area contributed by atoms with Gasteiger partial charge in [-0.1, -0.05) is 29.7 Å². The Morgan fingerprint density at radius 1 is 1.55 bits per heavy atom. The summed E-state index contributed by atoms with van der Waals surface area (Å²) in [5, 5.41) is 0. The number of urea groups is 1. The molecular weight excluding hydrogens is 250 g/mol. The summed E-state index contributed by atoms with van der Waals surface area (Å²) in [4.78, 5) is 17.9. The number of rotatable bonds is 1. The number of nitrogens with zero attached hydrogens (tertiary/aromatic N) is 2. The molecule has 2 N–H and O–H groups in total. The van der Waals surface area contributed by atoms with E-state index in [0.717, 1.165) is 24.0 Å². The molecule has 1 aromatic carbocycles. The Balaban J connectivity index is 2.22. The normalized spacial score (nSPS) is 25.6. The van der Waals surface area contributed by atoms with Gasteiger partial charge in [-0.15, -0.1) is 6.42 Å². The number of amides is 2. The van der Waals surface area contributed by atoms with Crippen molar-refractivity contribution in [3.8, 4) is 12.3 Å². The number of aliphatic imine (C=N–C) groups is 1. The van der Waals surface area contributed by atoms with Crippen LogP contribution in [0.2, 0.25) is 0 Å². The molecular formula is C16H17N3O. The van der Waals surface area contributed by atoms with E-state index in [0.29, 0.717) is 5.84 Å². The van der Waals surface area contributed by atoms with Crippen LogP contribution in [0.25, 0.3) is 0 Å². The zero-order valence-electron chi connectivity index (χ0n) is 11.7. The second-order valence-electron chi connectivity index (χ2n) is 5.51. The van der Waals surface area contributed by atoms with Crippen LogP contribution >= 0.6 is 0 Å². The maximum Gasteiger partial charge on any atom is 0.347 e. The summed E-state index contributed by atoms with van der Waals surface area (Å²) in [5.74, 6) is 3.00. The summed E-state index contributed by atoms with van der Waals surface area (Å²) in [6.07, 6.45) is 7.16. The van der Waals surface area contributed by atoms with Crippen molar-refractivity contribution >= 4 is 11.9 Å². The smallest absolute Gasteiger partial charge is 0.347 e. The number of nitrogens with two attached hydrogens (primary N) is 1. The van der Waals surface area contributed by atoms with Gasteiger partial charge in [0.25, 0.3) is 0 Å². The summed E-state index contributed by atoms with van der Waals surface area (Å²) in [7, 11) is 0. The predicted molar refractivity (Wildman–Crippen MR) is 78.3 cm³/mol. The van der Waals surface area contributed by atoms with Crippen LogP contribution in [0.1, 0.15) is 30.0 Å². The van der Waals surface area contributed by atoms with Crippen LogP contribution in [-0.4, -0.2) is 22.8 Å². The number of carbonyl (C=O) groups is 1. The zero-order chi connectivity index (χ0) is 14.5. The van der Waals surface area contributed by atoms with Gasteiger partial charge in [0.2, 0.25) is 0 Å². The van der Waals surface area contributed by atoms with Gasteiger partial charge in [-0.05, 0) is 37.8 Å². The second-order valence-corrected chi connectivity index (χ2v) is 5.51. The van der Waals surface area contributed by atoms with Gasteiger partial charge >= 0.3 is 6.03 Å². The van der Waals surface area contributed by atoms with Crippen molar-refractivity contribution in [2.45, 2.75) is 38.3 Å². The minimum absolute atomic E-state index is 0.331. The van der Waals surface area contributed by atoms with Gasteiger partial charge in [-0.2, -0.15) is 4.99 Å². The monoisotopic (exact) mass is 267 g/mol. The third-order valence-electron chi connectivity index (χ3n) is 4.35. The van der Waals surface area contributed by atoms with Crippen molar-refractivity contribution < 1.29 is 4.79 Å². The Labute approximate surface area is 118 Å². The van der Waals surface area contributed by atoms with Gasteiger partial charge in [0.1, 0.15) is 11.4 Å². The van der Waals surface area contributed by atoms with E-state index in [1.54, 1.807) is 4.90 Å². The SMILES string of the molecule is C#CC(C)N1C(=O)N=C(N)C12CCc1ccc(C)cc12. The largest absolute Gasteiger partial charge is 0.385 e. The molecule has 1 aliphatic carbocycles. The van der Waals surface area contributed by atoms with E-state index in [1.165, 1.54) is 5.56 Å². The number of aryl methyl sites for hydroxylation is 2. The first-order valence-electron chi connectivity index (χ1n) is 6.75. The highest BCUT2D eigenvalue weighted by Crippen LogP contribution is 2.46. The van der Waals surface area contributed by atoms with Crippen molar-refractivity contribution in [3.63, 3.8) is 0 Å². The van der Waals surface area contributed by atoms with Gasteiger partial charge in [-0.3, -0.25) is 4.90 Å². The summed E-state index contributed by atoms with van der Waals surface area (Å²) >= 11 is 0. The van der Waals surface area contributed by atoms with Gasteiger partial charge in [0, 0.05) is 0 Å². The van der Waals surface area contributed by atoms with Gasteiger partial charge in [-0.25, -0.2) is 4.79 Å². The van der Waals surface area contributed by atoms with E-state index in [-0.39, 0.29) is 12.1 Å². The van der Waals surface area contributed by atoms with Crippen LogP contribution in [0.4, 0.5) is 4.79 Å². The van der Waals surface area contributed by atoms with Gasteiger partial charge in [0.15, 0.2) is 0 Å². The van der Waals surface area contributed by atoms with Crippen LogP contribution < -0.4 is 5.73 Å². The predicted octanol–water partition coefficient (Wildman–Crippen LogP) is 1.95. The Kier molecular flexibility index (Phi) is 2.62. The highest BCUT2D eigenvalue weighted by molar-refractivity contribution is 6.07. The van der Waals surface area contributed by atoms with Crippen molar-refractivity contribution in [2.24, 2.45) is 10.7 Å². The number of terminal acetylenes is 1. The Hall–Kier alpha value is -2.28. The molecule has 1 heterocycles. The van der Waals surface area contributed by atoms with E-state index in [2.05, 4.69) is 29.1 Å². The molecule has 0 bridgehead atoms. The fourth-order valence-corrected chi connectivity index (χ4v) is 3.37. The summed E-state index contributed by atoms with van der Waals surface area (Å²) in [6, 6.07) is 5.62. The summed E-state index contributed by atoms with van der Waals surface area (Å²) in [6.45, 7) is 3.87. The van der Waals surface area contributed by atoms with Crippen LogP contribution in [-0.2, 0) is 12.0 Å². The lowest BCUT2D eigenvalue weighted by atomic mass is 9.87. The molecule has 0 aromatic heterocycles. The number of fused-ring (bicyclic) bond motifs is 2. The molecule has 4 heteroatoms. The molecule has 3 rings (SSSR count). The first-order chi connectivity index (χ1) is 9.50. The number of hydrogen-bond acceptors (Lipinski definition) is 2. The molecule has 2 aliphatic rings. The lowest BCUT2D eigenvalue weighted by molar-refractivity contribution is 0.158. The molecule has 1 spiro atoms. The van der Waals surface area contributed by atoms with Crippen LogP contribution in [0.5, 0.6) is 0 Å². The Morgan fingerprint density at radius 3 is 3.00 bits per heavy atom. The highest BCUT2D eigenvalue weighted by atomic mass is 16.2. The standard InChI is InChI=1S/C16H17N3O/c1-4-11(3)19-15(20)18-14(17)16(19)8-7-12-6-5-10(2)9-13(12)16/h1,5-6,9,11H,7-8H2,2-3H3,(H2,17,18,20). The molecule has 0 radical (unpaired) electrons. The first-order valence-corrected chi connectivity index (χ1v) is 6.75. The molecule has 0 saturated heterocycles. The van der Waals surface area contributed by atoms with Crippen molar-refractivity contribution in [1.82, 2.24) is 4.90 Å². The molecule has 2 unspecified atom stereocenters. The maximum absolute atomic E-state index is 12.2. The summed E-state index contributed by atoms with van der Waals surface area (Å²) < 4.78 is 0. The topological polar surface area (TPSA) is 58.7 Å². The van der Waals surface area contributed by atoms with Gasteiger partial charge < -0.3 is 5.73 Å². The van der Waals surface area contributed by atoms with Crippen LogP contribution in [0, 0.1) is 19.3 Å². The molecule has 2 atom stereocenters. The van der Waals surface area contributed by atoms with E-state index >= 15 is 0 Å². The number of hydrogen-bond donors (Lipinski definition) is 1. The molecule has 0 saturated carbocycles. The van der Waals surface area contributed by atoms with E-state index in [4.69, 9.17) is 12.2 Å². The molecule has 2 amide bonds. The van der Waals surface area contributed by atoms with Gasteiger partial charge in [0.05, 0.1) is 6.04 Å². The van der Waals surface area contributed by atoms with E-state index < -0.39 is 5.54 Å². The van der Waals surface area contributed by atoms with Crippen LogP contribution in [0.3, 0.4) is 0 Å². The maximum atomic E-state index is 12.2. The molecule has 4 nitrogen and oxygen atoms in total. The Bertz CT molecular complexity index is 671. The lowest BCUT2D eigenvalue weighted by Gasteiger charge is -2.37. The fourth-order valence-electron chi connectivity index (χ4n) is 3.37.